The third kappa shape index (κ3) is 7.29. The van der Waals surface area contributed by atoms with Crippen molar-refractivity contribution in [2.75, 3.05) is 0 Å². The van der Waals surface area contributed by atoms with Crippen LogP contribution in [0.1, 0.15) is 77.5 Å². The van der Waals surface area contributed by atoms with Crippen LogP contribution in [0.3, 0.4) is 0 Å². The fourth-order valence-corrected chi connectivity index (χ4v) is 5.31. The predicted molar refractivity (Wildman–Crippen MR) is 129 cm³/mol. The minimum Gasteiger partial charge on any atom is -0.443 e. The predicted octanol–water partition coefficient (Wildman–Crippen LogP) is 6.33. The number of allylic oxidation sites excluding steroid dienone is 3. The molecule has 0 saturated carbocycles. The van der Waals surface area contributed by atoms with Gasteiger partial charge in [-0.1, -0.05) is 30.2 Å². The van der Waals surface area contributed by atoms with Gasteiger partial charge in [-0.3, -0.25) is 5.43 Å². The van der Waals surface area contributed by atoms with Crippen molar-refractivity contribution < 1.29 is 18.3 Å². The quantitative estimate of drug-likeness (QED) is 0.369. The number of hydrogen-bond acceptors (Lipinski definition) is 5. The lowest BCUT2D eigenvalue weighted by Crippen LogP contribution is -2.42. The second-order valence-electron chi connectivity index (χ2n) is 9.74. The normalized spacial score (nSPS) is 22.6. The van der Waals surface area contributed by atoms with E-state index < -0.39 is 29.4 Å². The van der Waals surface area contributed by atoms with Gasteiger partial charge in [0.05, 0.1) is 6.04 Å². The molecule has 182 valence electrons. The van der Waals surface area contributed by atoms with Gasteiger partial charge in [0.1, 0.15) is 17.2 Å². The molecule has 1 aromatic carbocycles. The highest BCUT2D eigenvalue weighted by atomic mass is 32.2. The Morgan fingerprint density at radius 2 is 2.00 bits per heavy atom. The number of ether oxygens (including phenoxy) is 1. The molecule has 1 fully saturated rings. The van der Waals surface area contributed by atoms with Crippen LogP contribution in [0.5, 0.6) is 0 Å². The summed E-state index contributed by atoms with van der Waals surface area (Å²) in [6.07, 6.45) is 10.3. The van der Waals surface area contributed by atoms with Gasteiger partial charge >= 0.3 is 6.09 Å². The summed E-state index contributed by atoms with van der Waals surface area (Å²) in [5.41, 5.74) is 6.22. The summed E-state index contributed by atoms with van der Waals surface area (Å²) >= 11 is 1.73. The molecule has 8 heteroatoms. The van der Waals surface area contributed by atoms with Crippen molar-refractivity contribution in [2.45, 2.75) is 89.8 Å². The molecule has 2 aliphatic rings. The Balaban J connectivity index is 1.64. The highest BCUT2D eigenvalue weighted by molar-refractivity contribution is 7.97. The monoisotopic (exact) mass is 479 g/mol. The molecule has 1 amide bonds. The Bertz CT molecular complexity index is 914. The van der Waals surface area contributed by atoms with Crippen molar-refractivity contribution in [3.05, 3.63) is 58.7 Å². The smallest absolute Gasteiger partial charge is 0.422 e. The molecule has 1 aliphatic heterocycles. The van der Waals surface area contributed by atoms with E-state index in [-0.39, 0.29) is 11.6 Å². The van der Waals surface area contributed by atoms with Gasteiger partial charge in [0.25, 0.3) is 0 Å². The number of nitrogens with zero attached hydrogens (tertiary/aromatic N) is 1. The third-order valence-corrected chi connectivity index (χ3v) is 7.27. The fourth-order valence-electron chi connectivity index (χ4n) is 3.92. The zero-order valence-corrected chi connectivity index (χ0v) is 20.9. The summed E-state index contributed by atoms with van der Waals surface area (Å²) < 4.78 is 37.2. The SMILES string of the molecule is CC(NNC(=O)OC(C)(C)C)c1cc(F)c(CN2SC(C3=CCCC=C3)CC[C@@H]2C)cc1F. The van der Waals surface area contributed by atoms with Crippen molar-refractivity contribution >= 4 is 18.0 Å². The van der Waals surface area contributed by atoms with Gasteiger partial charge in [0.2, 0.25) is 0 Å². The number of halogens is 2. The van der Waals surface area contributed by atoms with Gasteiger partial charge in [0.15, 0.2) is 0 Å². The Morgan fingerprint density at radius 1 is 1.24 bits per heavy atom. The molecule has 33 heavy (non-hydrogen) atoms. The van der Waals surface area contributed by atoms with Gasteiger partial charge < -0.3 is 4.74 Å². The summed E-state index contributed by atoms with van der Waals surface area (Å²) in [7, 11) is 0. The summed E-state index contributed by atoms with van der Waals surface area (Å²) in [6, 6.07) is 2.12. The minimum atomic E-state index is -0.680. The first-order valence-corrected chi connectivity index (χ1v) is 12.4. The highest BCUT2D eigenvalue weighted by Crippen LogP contribution is 2.38. The lowest BCUT2D eigenvalue weighted by Gasteiger charge is -2.38. The Labute approximate surface area is 200 Å². The van der Waals surface area contributed by atoms with Crippen LogP contribution in [0.2, 0.25) is 0 Å². The van der Waals surface area contributed by atoms with E-state index in [1.54, 1.807) is 39.6 Å². The maximum atomic E-state index is 15.0. The zero-order chi connectivity index (χ0) is 24.2. The number of amides is 1. The van der Waals surface area contributed by atoms with Crippen LogP contribution in [0, 0.1) is 11.6 Å². The molecule has 0 bridgehead atoms. The number of hydrogen-bond donors (Lipinski definition) is 2. The number of nitrogens with one attached hydrogen (secondary N) is 2. The molecule has 1 aliphatic carbocycles. The Morgan fingerprint density at radius 3 is 2.67 bits per heavy atom. The lowest BCUT2D eigenvalue weighted by molar-refractivity contribution is 0.0489. The van der Waals surface area contributed by atoms with Gasteiger partial charge in [-0.05, 0) is 78.0 Å². The first-order valence-electron chi connectivity index (χ1n) is 11.6. The fraction of sp³-hybridized carbons (Fsp3) is 0.560. The van der Waals surface area contributed by atoms with E-state index in [2.05, 4.69) is 40.3 Å². The maximum absolute atomic E-state index is 15.0. The maximum Gasteiger partial charge on any atom is 0.422 e. The molecule has 0 aromatic heterocycles. The van der Waals surface area contributed by atoms with Crippen molar-refractivity contribution in [2.24, 2.45) is 0 Å². The topological polar surface area (TPSA) is 53.6 Å². The second kappa shape index (κ2) is 11.0. The molecule has 3 rings (SSSR count). The molecule has 1 saturated heterocycles. The van der Waals surface area contributed by atoms with Crippen LogP contribution in [0.4, 0.5) is 13.6 Å². The lowest BCUT2D eigenvalue weighted by atomic mass is 9.99. The average Bonchev–Trinajstić information content (AvgIpc) is 2.75. The molecule has 2 unspecified atom stereocenters. The van der Waals surface area contributed by atoms with E-state index >= 15 is 0 Å². The van der Waals surface area contributed by atoms with Crippen molar-refractivity contribution in [3.63, 3.8) is 0 Å². The van der Waals surface area contributed by atoms with Crippen LogP contribution in [0.15, 0.2) is 35.9 Å². The summed E-state index contributed by atoms with van der Waals surface area (Å²) in [5.74, 6) is -0.967. The minimum absolute atomic E-state index is 0.141. The Kier molecular flexibility index (Phi) is 8.59. The molecular formula is C25H35F2N3O2S. The van der Waals surface area contributed by atoms with Gasteiger partial charge in [-0.2, -0.15) is 0 Å². The largest absolute Gasteiger partial charge is 0.443 e. The van der Waals surface area contributed by atoms with E-state index in [9.17, 15) is 13.6 Å². The zero-order valence-electron chi connectivity index (χ0n) is 20.1. The number of carbonyl (C=O) groups excluding carboxylic acids is 1. The highest BCUT2D eigenvalue weighted by Gasteiger charge is 2.29. The van der Waals surface area contributed by atoms with Crippen LogP contribution in [-0.2, 0) is 11.3 Å². The number of carbonyl (C=O) groups is 1. The molecule has 3 atom stereocenters. The van der Waals surface area contributed by atoms with Gasteiger partial charge in [-0.15, -0.1) is 0 Å². The third-order valence-electron chi connectivity index (χ3n) is 5.74. The molecule has 1 aromatic rings. The molecular weight excluding hydrogens is 444 g/mol. The van der Waals surface area contributed by atoms with Crippen LogP contribution in [0.25, 0.3) is 0 Å². The number of hydrazine groups is 1. The van der Waals surface area contributed by atoms with Crippen molar-refractivity contribution in [1.29, 1.82) is 0 Å². The number of rotatable bonds is 6. The second-order valence-corrected chi connectivity index (χ2v) is 11.0. The van der Waals surface area contributed by atoms with Crippen LogP contribution < -0.4 is 10.9 Å². The van der Waals surface area contributed by atoms with E-state index in [1.165, 1.54) is 17.7 Å². The molecule has 0 radical (unpaired) electrons. The summed E-state index contributed by atoms with van der Waals surface area (Å²) in [5, 5.41) is 0.355. The molecule has 1 heterocycles. The summed E-state index contributed by atoms with van der Waals surface area (Å²) in [6.45, 7) is 9.35. The summed E-state index contributed by atoms with van der Waals surface area (Å²) in [4.78, 5) is 11.8. The first kappa shape index (κ1) is 25.7. The van der Waals surface area contributed by atoms with E-state index in [1.807, 2.05) is 0 Å². The van der Waals surface area contributed by atoms with Crippen molar-refractivity contribution in [3.8, 4) is 0 Å². The molecule has 2 N–H and O–H groups in total. The van der Waals surface area contributed by atoms with E-state index in [0.29, 0.717) is 17.4 Å². The van der Waals surface area contributed by atoms with Crippen molar-refractivity contribution in [1.82, 2.24) is 15.2 Å². The average molecular weight is 480 g/mol. The van der Waals surface area contributed by atoms with Crippen LogP contribution >= 0.6 is 11.9 Å². The van der Waals surface area contributed by atoms with Gasteiger partial charge in [-0.25, -0.2) is 23.3 Å². The van der Waals surface area contributed by atoms with Gasteiger partial charge in [0, 0.05) is 29.0 Å². The Hall–Kier alpha value is -1.90. The number of benzene rings is 1. The molecule has 5 nitrogen and oxygen atoms in total. The first-order chi connectivity index (χ1) is 15.5. The standard InChI is InChI=1S/C25H35F2N3O2S/c1-16-11-12-23(18-9-7-6-8-10-18)33-30(16)15-19-13-22(27)20(14-21(19)26)17(2)28-29-24(31)32-25(3,4)5/h7,9-10,13-14,16-17,23,28H,6,8,11-12,15H2,1-5H3,(H,29,31)/t16-,17?,23?/m0/s1. The van der Waals surface area contributed by atoms with Crippen LogP contribution in [-0.4, -0.2) is 27.3 Å². The molecule has 0 spiro atoms. The van der Waals surface area contributed by atoms with E-state index in [4.69, 9.17) is 4.74 Å². The van der Waals surface area contributed by atoms with E-state index in [0.717, 1.165) is 25.7 Å².